The quantitative estimate of drug-likeness (QED) is 0.431. The first-order valence-corrected chi connectivity index (χ1v) is 6.00. The Hall–Kier alpha value is 0.567. The van der Waals surface area contributed by atoms with Gasteiger partial charge in [-0.25, -0.2) is 0 Å². The second-order valence-electron chi connectivity index (χ2n) is 3.00. The summed E-state index contributed by atoms with van der Waals surface area (Å²) in [5.41, 5.74) is 0. The first-order chi connectivity index (χ1) is 2.00. The molecule has 6 heavy (non-hydrogen) atoms. The van der Waals surface area contributed by atoms with E-state index in [2.05, 4.69) is 26.2 Å². The second-order valence-corrected chi connectivity index (χ2v) is 9.00. The van der Waals surface area contributed by atoms with Gasteiger partial charge in [0.15, 0.2) is 0 Å². The van der Waals surface area contributed by atoms with Crippen molar-refractivity contribution in [2.24, 2.45) is 0 Å². The summed E-state index contributed by atoms with van der Waals surface area (Å²) < 4.78 is 0. The Balaban J connectivity index is 0. The highest BCUT2D eigenvalue weighted by Gasteiger charge is 1.99. The Labute approximate surface area is 48.4 Å². The topological polar surface area (TPSA) is 0 Å². The van der Waals surface area contributed by atoms with E-state index in [0.29, 0.717) is 0 Å². The van der Waals surface area contributed by atoms with Crippen LogP contribution in [0.3, 0.4) is 0 Å². The van der Waals surface area contributed by atoms with Crippen LogP contribution in [0, 0.1) is 0 Å². The summed E-state index contributed by atoms with van der Waals surface area (Å²) in [5, 5.41) is 0. The molecule has 0 aliphatic rings. The van der Waals surface area contributed by atoms with Gasteiger partial charge >= 0.3 is 0 Å². The van der Waals surface area contributed by atoms with Gasteiger partial charge in [-0.15, -0.1) is 0 Å². The molecule has 0 radical (unpaired) electrons. The minimum Gasteiger partial charge on any atom is -0.197 e. The lowest BCUT2D eigenvalue weighted by Crippen LogP contribution is -2.10. The monoisotopic (exact) mass is 122 g/mol. The standard InChI is InChI=1S/C4H12Si.H2S/c1-5(2,3)4;/h1-4H3;1H2. The summed E-state index contributed by atoms with van der Waals surface area (Å²) in [4.78, 5) is 0. The van der Waals surface area contributed by atoms with Crippen LogP contribution in [0.4, 0.5) is 0 Å². The van der Waals surface area contributed by atoms with Crippen molar-refractivity contribution in [3.8, 4) is 0 Å². The van der Waals surface area contributed by atoms with E-state index in [1.54, 1.807) is 0 Å². The Morgan fingerprint density at radius 2 is 0.833 bits per heavy atom. The Morgan fingerprint density at radius 3 is 0.833 bits per heavy atom. The van der Waals surface area contributed by atoms with Gasteiger partial charge in [-0.05, 0) is 0 Å². The Morgan fingerprint density at radius 1 is 0.833 bits per heavy atom. The maximum absolute atomic E-state index is 2.33. The SMILES string of the molecule is C[Si](C)(C)C.S. The summed E-state index contributed by atoms with van der Waals surface area (Å²) in [6.07, 6.45) is 0. The second kappa shape index (κ2) is 2.69. The molecule has 0 heterocycles. The maximum atomic E-state index is 2.33. The molecule has 0 aliphatic carbocycles. The summed E-state index contributed by atoms with van der Waals surface area (Å²) in [5.74, 6) is 0. The number of rotatable bonds is 0. The molecule has 0 aromatic carbocycles. The van der Waals surface area contributed by atoms with E-state index in [1.807, 2.05) is 0 Å². The van der Waals surface area contributed by atoms with E-state index in [4.69, 9.17) is 0 Å². The van der Waals surface area contributed by atoms with Crippen molar-refractivity contribution in [1.29, 1.82) is 0 Å². The van der Waals surface area contributed by atoms with Crippen LogP contribution in [0.25, 0.3) is 0 Å². The molecule has 0 N–H and O–H groups in total. The highest BCUT2D eigenvalue weighted by molar-refractivity contribution is 7.59. The smallest absolute Gasteiger partial charge is 0.0411 e. The predicted molar refractivity (Wildman–Crippen MR) is 39.6 cm³/mol. The molecule has 0 amide bonds. The molecule has 0 spiro atoms. The van der Waals surface area contributed by atoms with Crippen LogP contribution in [0.1, 0.15) is 0 Å². The molecule has 0 nitrogen and oxygen atoms in total. The zero-order chi connectivity index (χ0) is 4.50. The average molecular weight is 122 g/mol. The van der Waals surface area contributed by atoms with Gasteiger partial charge < -0.3 is 0 Å². The van der Waals surface area contributed by atoms with Crippen LogP contribution in [0.15, 0.2) is 0 Å². The zero-order valence-corrected chi connectivity index (χ0v) is 7.00. The Bertz CT molecular complexity index is 23.0. The summed E-state index contributed by atoms with van der Waals surface area (Å²) in [6.45, 7) is 9.31. The molecule has 0 rings (SSSR count). The van der Waals surface area contributed by atoms with Gasteiger partial charge in [-0.2, -0.15) is 13.5 Å². The number of hydrogen-bond acceptors (Lipinski definition) is 0. The summed E-state index contributed by atoms with van der Waals surface area (Å²) in [6, 6.07) is 0. The van der Waals surface area contributed by atoms with Crippen molar-refractivity contribution in [3.05, 3.63) is 0 Å². The van der Waals surface area contributed by atoms with Gasteiger partial charge in [-0.1, -0.05) is 26.2 Å². The molecule has 0 atom stereocenters. The summed E-state index contributed by atoms with van der Waals surface area (Å²) >= 11 is 0. The molecule has 2 heteroatoms. The molecular formula is C4H14SSi. The normalized spacial score (nSPS) is 10.0. The maximum Gasteiger partial charge on any atom is 0.0411 e. The lowest BCUT2D eigenvalue weighted by molar-refractivity contribution is 1.71. The minimum atomic E-state index is -0.611. The van der Waals surface area contributed by atoms with Gasteiger partial charge in [0.2, 0.25) is 0 Å². The molecule has 0 saturated heterocycles. The van der Waals surface area contributed by atoms with Crippen molar-refractivity contribution >= 4 is 21.6 Å². The molecule has 0 saturated carbocycles. The highest BCUT2D eigenvalue weighted by Crippen LogP contribution is 1.94. The largest absolute Gasteiger partial charge is 0.197 e. The Kier molecular flexibility index (Phi) is 4.38. The van der Waals surface area contributed by atoms with Crippen LogP contribution >= 0.6 is 13.5 Å². The number of hydrogen-bond donors (Lipinski definition) is 0. The van der Waals surface area contributed by atoms with E-state index >= 15 is 0 Å². The third-order valence-corrected chi connectivity index (χ3v) is 0. The molecule has 0 aromatic heterocycles. The molecule has 0 aliphatic heterocycles. The van der Waals surface area contributed by atoms with Crippen molar-refractivity contribution in [2.45, 2.75) is 26.2 Å². The van der Waals surface area contributed by atoms with E-state index in [1.165, 1.54) is 0 Å². The van der Waals surface area contributed by atoms with Gasteiger partial charge in [0.25, 0.3) is 0 Å². The lowest BCUT2D eigenvalue weighted by atomic mass is 11.8. The van der Waals surface area contributed by atoms with E-state index in [-0.39, 0.29) is 13.5 Å². The van der Waals surface area contributed by atoms with E-state index in [0.717, 1.165) is 0 Å². The third-order valence-electron chi connectivity index (χ3n) is 0. The molecule has 40 valence electrons. The fourth-order valence-corrected chi connectivity index (χ4v) is 0. The van der Waals surface area contributed by atoms with Crippen LogP contribution in [0.2, 0.25) is 26.2 Å². The molecule has 0 unspecified atom stereocenters. The van der Waals surface area contributed by atoms with E-state index < -0.39 is 8.07 Å². The van der Waals surface area contributed by atoms with E-state index in [9.17, 15) is 0 Å². The molecule has 0 bridgehead atoms. The summed E-state index contributed by atoms with van der Waals surface area (Å²) in [7, 11) is -0.611. The van der Waals surface area contributed by atoms with Gasteiger partial charge in [0.05, 0.1) is 0 Å². The lowest BCUT2D eigenvalue weighted by Gasteiger charge is -2.01. The fourth-order valence-electron chi connectivity index (χ4n) is 0. The highest BCUT2D eigenvalue weighted by atomic mass is 32.1. The minimum absolute atomic E-state index is 0. The van der Waals surface area contributed by atoms with Crippen LogP contribution in [-0.2, 0) is 0 Å². The first kappa shape index (κ1) is 9.76. The van der Waals surface area contributed by atoms with Crippen LogP contribution < -0.4 is 0 Å². The predicted octanol–water partition coefficient (Wildman–Crippen LogP) is 2.07. The van der Waals surface area contributed by atoms with Crippen molar-refractivity contribution < 1.29 is 0 Å². The molecule has 0 fully saturated rings. The van der Waals surface area contributed by atoms with Crippen molar-refractivity contribution in [2.75, 3.05) is 0 Å². The van der Waals surface area contributed by atoms with Crippen LogP contribution in [0.5, 0.6) is 0 Å². The zero-order valence-electron chi connectivity index (χ0n) is 5.00. The fraction of sp³-hybridized carbons (Fsp3) is 1.00. The molecule has 0 aromatic rings. The van der Waals surface area contributed by atoms with Gasteiger partial charge in [0.1, 0.15) is 0 Å². The van der Waals surface area contributed by atoms with Crippen molar-refractivity contribution in [3.63, 3.8) is 0 Å². The molecular weight excluding hydrogens is 108 g/mol. The van der Waals surface area contributed by atoms with Gasteiger partial charge in [0, 0.05) is 8.07 Å². The van der Waals surface area contributed by atoms with Gasteiger partial charge in [-0.3, -0.25) is 0 Å². The first-order valence-electron chi connectivity index (χ1n) is 2.00. The third kappa shape index (κ3) is 181. The van der Waals surface area contributed by atoms with Crippen molar-refractivity contribution in [1.82, 2.24) is 0 Å². The van der Waals surface area contributed by atoms with Crippen LogP contribution in [-0.4, -0.2) is 8.07 Å². The average Bonchev–Trinajstić information content (AvgIpc) is 0.722.